The molecule has 1 heterocycles. The third kappa shape index (κ3) is 9.19. The van der Waals surface area contributed by atoms with Crippen LogP contribution in [0, 0.1) is 0 Å². The van der Waals surface area contributed by atoms with Crippen LogP contribution in [0.4, 0.5) is 0 Å². The van der Waals surface area contributed by atoms with Gasteiger partial charge in [0.2, 0.25) is 0 Å². The standard InChI is InChI=1S/C18H32O2/c1-2-3-4-5-6-7-8-9-11-14-17-18(20-17)15-12-10-13-16-19/h10,12-13,16-19H,2-9,11,14-15H2,1H3/b12-10?,16-13-. The van der Waals surface area contributed by atoms with E-state index in [9.17, 15) is 0 Å². The van der Waals surface area contributed by atoms with Crippen LogP contribution in [0.1, 0.15) is 77.6 Å². The van der Waals surface area contributed by atoms with E-state index < -0.39 is 0 Å². The first-order valence-corrected chi connectivity index (χ1v) is 8.49. The summed E-state index contributed by atoms with van der Waals surface area (Å²) in [5.41, 5.74) is 0. The fourth-order valence-corrected chi connectivity index (χ4v) is 2.64. The Morgan fingerprint density at radius 2 is 1.50 bits per heavy atom. The zero-order valence-electron chi connectivity index (χ0n) is 13.1. The number of rotatable bonds is 13. The molecule has 0 aliphatic carbocycles. The van der Waals surface area contributed by atoms with E-state index >= 15 is 0 Å². The van der Waals surface area contributed by atoms with Gasteiger partial charge in [0.1, 0.15) is 0 Å². The average molecular weight is 280 g/mol. The van der Waals surface area contributed by atoms with E-state index in [4.69, 9.17) is 9.84 Å². The Kier molecular flexibility index (Phi) is 10.4. The van der Waals surface area contributed by atoms with Crippen LogP contribution in [0.25, 0.3) is 0 Å². The van der Waals surface area contributed by atoms with Crippen molar-refractivity contribution in [3.8, 4) is 0 Å². The van der Waals surface area contributed by atoms with Gasteiger partial charge in [-0.05, 0) is 18.9 Å². The Labute approximate surface area is 124 Å². The molecule has 0 aromatic carbocycles. The normalized spacial score (nSPS) is 22.1. The highest BCUT2D eigenvalue weighted by atomic mass is 16.6. The van der Waals surface area contributed by atoms with Crippen LogP contribution in [0.2, 0.25) is 0 Å². The summed E-state index contributed by atoms with van der Waals surface area (Å²) in [5, 5.41) is 8.48. The Bertz CT molecular complexity index is 271. The maximum absolute atomic E-state index is 8.48. The van der Waals surface area contributed by atoms with Gasteiger partial charge < -0.3 is 9.84 Å². The summed E-state index contributed by atoms with van der Waals surface area (Å²) < 4.78 is 5.63. The maximum Gasteiger partial charge on any atom is 0.0876 e. The molecule has 0 saturated carbocycles. The van der Waals surface area contributed by atoms with Crippen molar-refractivity contribution in [2.75, 3.05) is 0 Å². The first-order chi connectivity index (χ1) is 9.88. The number of aliphatic hydroxyl groups is 1. The summed E-state index contributed by atoms with van der Waals surface area (Å²) in [4.78, 5) is 0. The van der Waals surface area contributed by atoms with Crippen LogP contribution in [-0.2, 0) is 4.74 Å². The largest absolute Gasteiger partial charge is 0.516 e. The third-order valence-corrected chi connectivity index (χ3v) is 3.98. The van der Waals surface area contributed by atoms with Crippen molar-refractivity contribution in [1.29, 1.82) is 0 Å². The molecule has 116 valence electrons. The molecule has 0 bridgehead atoms. The van der Waals surface area contributed by atoms with Crippen LogP contribution >= 0.6 is 0 Å². The van der Waals surface area contributed by atoms with Gasteiger partial charge in [-0.3, -0.25) is 0 Å². The Balaban J connectivity index is 1.79. The molecule has 0 radical (unpaired) electrons. The molecule has 2 nitrogen and oxygen atoms in total. The van der Waals surface area contributed by atoms with Crippen molar-refractivity contribution in [3.05, 3.63) is 24.5 Å². The van der Waals surface area contributed by atoms with E-state index in [1.54, 1.807) is 6.08 Å². The molecule has 20 heavy (non-hydrogen) atoms. The van der Waals surface area contributed by atoms with Crippen LogP contribution in [-0.4, -0.2) is 17.3 Å². The Hall–Kier alpha value is -0.760. The summed E-state index contributed by atoms with van der Waals surface area (Å²) in [6.07, 6.45) is 22.3. The molecule has 2 heteroatoms. The smallest absolute Gasteiger partial charge is 0.0876 e. The highest BCUT2D eigenvalue weighted by molar-refractivity contribution is 5.02. The molecule has 2 atom stereocenters. The van der Waals surface area contributed by atoms with Crippen molar-refractivity contribution < 1.29 is 9.84 Å². The van der Waals surface area contributed by atoms with Crippen molar-refractivity contribution in [3.63, 3.8) is 0 Å². The van der Waals surface area contributed by atoms with Gasteiger partial charge in [-0.15, -0.1) is 0 Å². The highest BCUT2D eigenvalue weighted by Crippen LogP contribution is 2.30. The maximum atomic E-state index is 8.48. The van der Waals surface area contributed by atoms with E-state index in [1.807, 2.05) is 6.08 Å². The SMILES string of the molecule is CCCCCCCCCCCC1OC1CC=C/C=C\O. The van der Waals surface area contributed by atoms with E-state index in [-0.39, 0.29) is 0 Å². The van der Waals surface area contributed by atoms with E-state index in [0.717, 1.165) is 12.7 Å². The molecule has 2 unspecified atom stereocenters. The number of ether oxygens (including phenoxy) is 1. The van der Waals surface area contributed by atoms with Crippen LogP contribution in [0.5, 0.6) is 0 Å². The monoisotopic (exact) mass is 280 g/mol. The van der Waals surface area contributed by atoms with Gasteiger partial charge in [0.25, 0.3) is 0 Å². The number of aliphatic hydroxyl groups excluding tert-OH is 1. The van der Waals surface area contributed by atoms with Crippen molar-refractivity contribution >= 4 is 0 Å². The molecule has 1 aliphatic rings. The van der Waals surface area contributed by atoms with Crippen LogP contribution in [0.15, 0.2) is 24.5 Å². The van der Waals surface area contributed by atoms with Crippen molar-refractivity contribution in [1.82, 2.24) is 0 Å². The summed E-state index contributed by atoms with van der Waals surface area (Å²) in [6, 6.07) is 0. The molecule has 1 aliphatic heterocycles. The lowest BCUT2D eigenvalue weighted by atomic mass is 10.0. The quantitative estimate of drug-likeness (QED) is 0.203. The molecule has 1 fully saturated rings. The second-order valence-corrected chi connectivity index (χ2v) is 5.84. The third-order valence-electron chi connectivity index (χ3n) is 3.98. The zero-order valence-corrected chi connectivity index (χ0v) is 13.1. The van der Waals surface area contributed by atoms with E-state index in [1.165, 1.54) is 64.2 Å². The van der Waals surface area contributed by atoms with Gasteiger partial charge >= 0.3 is 0 Å². The minimum atomic E-state index is 0.437. The highest BCUT2D eigenvalue weighted by Gasteiger charge is 2.36. The summed E-state index contributed by atoms with van der Waals surface area (Å²) in [6.45, 7) is 2.27. The molecule has 0 aromatic rings. The number of epoxide rings is 1. The van der Waals surface area contributed by atoms with Crippen LogP contribution < -0.4 is 0 Å². The summed E-state index contributed by atoms with van der Waals surface area (Å²) >= 11 is 0. The minimum Gasteiger partial charge on any atom is -0.516 e. The zero-order chi connectivity index (χ0) is 14.5. The lowest BCUT2D eigenvalue weighted by Crippen LogP contribution is -1.92. The van der Waals surface area contributed by atoms with Crippen molar-refractivity contribution in [2.45, 2.75) is 89.8 Å². The van der Waals surface area contributed by atoms with E-state index in [2.05, 4.69) is 13.0 Å². The summed E-state index contributed by atoms with van der Waals surface area (Å²) in [7, 11) is 0. The lowest BCUT2D eigenvalue weighted by molar-refractivity contribution is 0.358. The van der Waals surface area contributed by atoms with Gasteiger partial charge in [-0.25, -0.2) is 0 Å². The average Bonchev–Trinajstić information content (AvgIpc) is 3.20. The Morgan fingerprint density at radius 3 is 2.15 bits per heavy atom. The minimum absolute atomic E-state index is 0.437. The number of hydrogen-bond acceptors (Lipinski definition) is 2. The molecular formula is C18H32O2. The first kappa shape index (κ1) is 17.3. The van der Waals surface area contributed by atoms with Crippen molar-refractivity contribution in [2.24, 2.45) is 0 Å². The van der Waals surface area contributed by atoms with Gasteiger partial charge in [0.05, 0.1) is 18.5 Å². The summed E-state index contributed by atoms with van der Waals surface area (Å²) in [5.74, 6) is 0. The van der Waals surface area contributed by atoms with Crippen LogP contribution in [0.3, 0.4) is 0 Å². The van der Waals surface area contributed by atoms with E-state index in [0.29, 0.717) is 12.2 Å². The number of hydrogen-bond donors (Lipinski definition) is 1. The fraction of sp³-hybridized carbons (Fsp3) is 0.778. The molecule has 0 amide bonds. The second-order valence-electron chi connectivity index (χ2n) is 5.84. The molecular weight excluding hydrogens is 248 g/mol. The predicted molar refractivity (Wildman–Crippen MR) is 86.0 cm³/mol. The van der Waals surface area contributed by atoms with Gasteiger partial charge in [-0.2, -0.15) is 0 Å². The fourth-order valence-electron chi connectivity index (χ4n) is 2.64. The lowest BCUT2D eigenvalue weighted by Gasteiger charge is -2.01. The molecule has 1 rings (SSSR count). The predicted octanol–water partition coefficient (Wildman–Crippen LogP) is 5.69. The molecule has 0 aromatic heterocycles. The van der Waals surface area contributed by atoms with Gasteiger partial charge in [0.15, 0.2) is 0 Å². The number of allylic oxidation sites excluding steroid dienone is 2. The molecule has 0 spiro atoms. The molecule has 1 N–H and O–H groups in total. The topological polar surface area (TPSA) is 32.8 Å². The number of unbranched alkanes of at least 4 members (excludes halogenated alkanes) is 8. The molecule has 1 saturated heterocycles. The first-order valence-electron chi connectivity index (χ1n) is 8.49. The Morgan fingerprint density at radius 1 is 0.850 bits per heavy atom. The second kappa shape index (κ2) is 12.0. The van der Waals surface area contributed by atoms with Gasteiger partial charge in [0, 0.05) is 0 Å². The van der Waals surface area contributed by atoms with Gasteiger partial charge in [-0.1, -0.05) is 76.9 Å².